The summed E-state index contributed by atoms with van der Waals surface area (Å²) < 4.78 is 0. The predicted octanol–water partition coefficient (Wildman–Crippen LogP) is 2.23. The maximum atomic E-state index is 5.56. The van der Waals surface area contributed by atoms with Crippen molar-refractivity contribution < 1.29 is 0 Å². The third-order valence-corrected chi connectivity index (χ3v) is 2.95. The molecule has 0 fully saturated rings. The van der Waals surface area contributed by atoms with Gasteiger partial charge < -0.3 is 5.73 Å². The van der Waals surface area contributed by atoms with E-state index in [1.807, 2.05) is 0 Å². The van der Waals surface area contributed by atoms with Gasteiger partial charge in [0, 0.05) is 11.8 Å². The van der Waals surface area contributed by atoms with Crippen LogP contribution in [0, 0.1) is 5.92 Å². The minimum atomic E-state index is 0.556. The monoisotopic (exact) mass is 198 g/mol. The van der Waals surface area contributed by atoms with Gasteiger partial charge in [0.2, 0.25) is 0 Å². The molecule has 1 rings (SSSR count). The molecule has 0 saturated carbocycles. The van der Waals surface area contributed by atoms with Crippen LogP contribution in [-0.2, 0) is 12.8 Å². The van der Waals surface area contributed by atoms with Crippen LogP contribution in [0.25, 0.3) is 0 Å². The Morgan fingerprint density at radius 3 is 3.00 bits per heavy atom. The van der Waals surface area contributed by atoms with E-state index in [1.165, 1.54) is 17.1 Å². The summed E-state index contributed by atoms with van der Waals surface area (Å²) in [5, 5.41) is 3.41. The van der Waals surface area contributed by atoms with Crippen molar-refractivity contribution in [3.8, 4) is 0 Å². The smallest absolute Gasteiger partial charge is 0.0931 e. The molecule has 0 radical (unpaired) electrons. The van der Waals surface area contributed by atoms with E-state index in [9.17, 15) is 0 Å². The van der Waals surface area contributed by atoms with E-state index in [0.29, 0.717) is 5.92 Å². The third kappa shape index (κ3) is 3.44. The molecule has 0 saturated heterocycles. The van der Waals surface area contributed by atoms with Gasteiger partial charge in [-0.1, -0.05) is 20.3 Å². The van der Waals surface area contributed by atoms with E-state index in [0.717, 1.165) is 19.4 Å². The summed E-state index contributed by atoms with van der Waals surface area (Å²) in [6, 6.07) is 0. The lowest BCUT2D eigenvalue weighted by Crippen LogP contribution is -2.12. The quantitative estimate of drug-likeness (QED) is 0.788. The van der Waals surface area contributed by atoms with Crippen molar-refractivity contribution in [1.29, 1.82) is 0 Å². The molecule has 1 aromatic rings. The van der Waals surface area contributed by atoms with Crippen LogP contribution >= 0.6 is 11.3 Å². The van der Waals surface area contributed by atoms with Crippen molar-refractivity contribution in [2.75, 3.05) is 6.54 Å². The highest BCUT2D eigenvalue weighted by molar-refractivity contribution is 7.09. The van der Waals surface area contributed by atoms with Gasteiger partial charge in [-0.15, -0.1) is 11.3 Å². The molecule has 0 aliphatic carbocycles. The second-order valence-corrected chi connectivity index (χ2v) is 4.47. The molecule has 0 amide bonds. The predicted molar refractivity (Wildman–Crippen MR) is 58.0 cm³/mol. The minimum absolute atomic E-state index is 0.556. The summed E-state index contributed by atoms with van der Waals surface area (Å²) in [5.74, 6) is 0.556. The molecule has 2 N–H and O–H groups in total. The van der Waals surface area contributed by atoms with Crippen molar-refractivity contribution in [1.82, 2.24) is 4.98 Å². The van der Waals surface area contributed by atoms with Crippen LogP contribution in [0.15, 0.2) is 5.38 Å². The number of thiazole rings is 1. The van der Waals surface area contributed by atoms with E-state index in [4.69, 9.17) is 5.73 Å². The molecular weight excluding hydrogens is 180 g/mol. The lowest BCUT2D eigenvalue weighted by atomic mass is 10.1. The molecule has 2 nitrogen and oxygen atoms in total. The second kappa shape index (κ2) is 5.35. The summed E-state index contributed by atoms with van der Waals surface area (Å²) >= 11 is 1.77. The van der Waals surface area contributed by atoms with Crippen LogP contribution in [0.4, 0.5) is 0 Å². The summed E-state index contributed by atoms with van der Waals surface area (Å²) in [6.45, 7) is 5.10. The molecule has 1 aromatic heterocycles. The number of rotatable bonds is 5. The zero-order chi connectivity index (χ0) is 9.68. The van der Waals surface area contributed by atoms with Gasteiger partial charge in [-0.2, -0.15) is 0 Å². The fourth-order valence-electron chi connectivity index (χ4n) is 1.20. The first-order valence-corrected chi connectivity index (χ1v) is 5.77. The van der Waals surface area contributed by atoms with Crippen molar-refractivity contribution in [2.45, 2.75) is 33.1 Å². The molecule has 0 spiro atoms. The Bertz CT molecular complexity index is 245. The molecule has 0 bridgehead atoms. The van der Waals surface area contributed by atoms with Gasteiger partial charge in [0.25, 0.3) is 0 Å². The summed E-state index contributed by atoms with van der Waals surface area (Å²) in [4.78, 5) is 4.55. The fraction of sp³-hybridized carbons (Fsp3) is 0.700. The molecule has 74 valence electrons. The highest BCUT2D eigenvalue weighted by Crippen LogP contribution is 2.14. The molecule has 13 heavy (non-hydrogen) atoms. The molecule has 0 aromatic carbocycles. The zero-order valence-electron chi connectivity index (χ0n) is 8.42. The topological polar surface area (TPSA) is 38.9 Å². The Kier molecular flexibility index (Phi) is 4.39. The lowest BCUT2D eigenvalue weighted by molar-refractivity contribution is 0.590. The summed E-state index contributed by atoms with van der Waals surface area (Å²) in [6.07, 6.45) is 3.31. The maximum absolute atomic E-state index is 5.56. The van der Waals surface area contributed by atoms with Crippen LogP contribution < -0.4 is 5.73 Å². The molecule has 0 aliphatic rings. The number of aromatic nitrogens is 1. The molecule has 1 heterocycles. The number of aryl methyl sites for hydroxylation is 1. The van der Waals surface area contributed by atoms with Crippen molar-refractivity contribution in [3.05, 3.63) is 16.1 Å². The highest BCUT2D eigenvalue weighted by atomic mass is 32.1. The summed E-state index contributed by atoms with van der Waals surface area (Å²) in [5.41, 5.74) is 6.80. The Labute approximate surface area is 84.2 Å². The largest absolute Gasteiger partial charge is 0.330 e. The number of nitrogens with zero attached hydrogens (tertiary/aromatic N) is 1. The molecular formula is C10H18N2S. The Morgan fingerprint density at radius 1 is 1.62 bits per heavy atom. The van der Waals surface area contributed by atoms with Crippen molar-refractivity contribution >= 4 is 11.3 Å². The standard InChI is InChI=1S/C10H18N2S/c1-3-4-9-7-13-10(12-9)5-8(2)6-11/h7-8H,3-6,11H2,1-2H3. The van der Waals surface area contributed by atoms with Crippen molar-refractivity contribution in [3.63, 3.8) is 0 Å². The van der Waals surface area contributed by atoms with E-state index in [1.54, 1.807) is 11.3 Å². The van der Waals surface area contributed by atoms with E-state index >= 15 is 0 Å². The maximum Gasteiger partial charge on any atom is 0.0931 e. The van der Waals surface area contributed by atoms with Crippen LogP contribution in [0.5, 0.6) is 0 Å². The number of nitrogens with two attached hydrogens (primary N) is 1. The van der Waals surface area contributed by atoms with Gasteiger partial charge in [-0.3, -0.25) is 0 Å². The van der Waals surface area contributed by atoms with E-state index in [-0.39, 0.29) is 0 Å². The normalized spacial score (nSPS) is 13.2. The Hall–Kier alpha value is -0.410. The van der Waals surface area contributed by atoms with E-state index < -0.39 is 0 Å². The van der Waals surface area contributed by atoms with Gasteiger partial charge >= 0.3 is 0 Å². The van der Waals surface area contributed by atoms with E-state index in [2.05, 4.69) is 24.2 Å². The van der Waals surface area contributed by atoms with Gasteiger partial charge in [0.05, 0.1) is 10.7 Å². The molecule has 0 aliphatic heterocycles. The molecule has 1 unspecified atom stereocenters. The van der Waals surface area contributed by atoms with Crippen LogP contribution in [-0.4, -0.2) is 11.5 Å². The first kappa shape index (κ1) is 10.7. The lowest BCUT2D eigenvalue weighted by Gasteiger charge is -2.03. The van der Waals surface area contributed by atoms with Gasteiger partial charge in [0.1, 0.15) is 0 Å². The highest BCUT2D eigenvalue weighted by Gasteiger charge is 2.05. The molecule has 1 atom stereocenters. The average molecular weight is 198 g/mol. The average Bonchev–Trinajstić information content (AvgIpc) is 2.53. The van der Waals surface area contributed by atoms with Gasteiger partial charge in [-0.05, 0) is 18.9 Å². The Morgan fingerprint density at radius 2 is 2.38 bits per heavy atom. The van der Waals surface area contributed by atoms with Gasteiger partial charge in [0.15, 0.2) is 0 Å². The number of hydrogen-bond acceptors (Lipinski definition) is 3. The Balaban J connectivity index is 2.48. The SMILES string of the molecule is CCCc1csc(CC(C)CN)n1. The third-order valence-electron chi connectivity index (χ3n) is 2.03. The van der Waals surface area contributed by atoms with Gasteiger partial charge in [-0.25, -0.2) is 4.98 Å². The zero-order valence-corrected chi connectivity index (χ0v) is 9.23. The minimum Gasteiger partial charge on any atom is -0.330 e. The second-order valence-electron chi connectivity index (χ2n) is 3.53. The van der Waals surface area contributed by atoms with Crippen LogP contribution in [0.1, 0.15) is 31.0 Å². The van der Waals surface area contributed by atoms with Crippen LogP contribution in [0.2, 0.25) is 0 Å². The molecule has 3 heteroatoms. The first-order valence-electron chi connectivity index (χ1n) is 4.89. The number of hydrogen-bond donors (Lipinski definition) is 1. The first-order chi connectivity index (χ1) is 6.26. The van der Waals surface area contributed by atoms with Crippen LogP contribution in [0.3, 0.4) is 0 Å². The summed E-state index contributed by atoms with van der Waals surface area (Å²) in [7, 11) is 0. The fourth-order valence-corrected chi connectivity index (χ4v) is 2.19. The van der Waals surface area contributed by atoms with Crippen molar-refractivity contribution in [2.24, 2.45) is 11.7 Å².